The van der Waals surface area contributed by atoms with Crippen molar-refractivity contribution < 1.29 is 18.0 Å². The number of benzene rings is 2. The summed E-state index contributed by atoms with van der Waals surface area (Å²) in [5.41, 5.74) is 6.61. The number of nitrogens with one attached hydrogen (secondary N) is 1. The van der Waals surface area contributed by atoms with Crippen LogP contribution < -0.4 is 11.1 Å². The predicted octanol–water partition coefficient (Wildman–Crippen LogP) is 3.50. The molecule has 0 heterocycles. The standard InChI is InChI=1S/C15H13F3N2O/c1-2-8-3-4-10(7-13(8)19)20-15(21)14-11(17)5-9(16)6-12(14)18/h3-7H,2,19H2,1H3,(H,20,21). The Labute approximate surface area is 119 Å². The molecule has 3 nitrogen and oxygen atoms in total. The number of carbonyl (C=O) groups is 1. The molecule has 1 amide bonds. The number of rotatable bonds is 3. The second-order valence-corrected chi connectivity index (χ2v) is 4.47. The highest BCUT2D eigenvalue weighted by atomic mass is 19.1. The van der Waals surface area contributed by atoms with Gasteiger partial charge in [0.25, 0.3) is 5.91 Å². The van der Waals surface area contributed by atoms with Gasteiger partial charge in [-0.1, -0.05) is 13.0 Å². The van der Waals surface area contributed by atoms with Crippen molar-refractivity contribution in [1.29, 1.82) is 0 Å². The zero-order valence-electron chi connectivity index (χ0n) is 11.2. The number of hydrogen-bond donors (Lipinski definition) is 2. The Hall–Kier alpha value is -2.50. The van der Waals surface area contributed by atoms with Crippen LogP contribution >= 0.6 is 0 Å². The summed E-state index contributed by atoms with van der Waals surface area (Å²) in [6, 6.07) is 5.68. The van der Waals surface area contributed by atoms with Gasteiger partial charge in [0.15, 0.2) is 0 Å². The van der Waals surface area contributed by atoms with E-state index in [9.17, 15) is 18.0 Å². The van der Waals surface area contributed by atoms with Gasteiger partial charge in [-0.2, -0.15) is 0 Å². The third kappa shape index (κ3) is 3.16. The van der Waals surface area contributed by atoms with Crippen LogP contribution in [0.3, 0.4) is 0 Å². The smallest absolute Gasteiger partial charge is 0.261 e. The fourth-order valence-corrected chi connectivity index (χ4v) is 1.95. The highest BCUT2D eigenvalue weighted by molar-refractivity contribution is 6.04. The van der Waals surface area contributed by atoms with Gasteiger partial charge < -0.3 is 11.1 Å². The van der Waals surface area contributed by atoms with Crippen molar-refractivity contribution >= 4 is 17.3 Å². The van der Waals surface area contributed by atoms with Crippen molar-refractivity contribution in [3.05, 3.63) is 58.9 Å². The number of anilines is 2. The fraction of sp³-hybridized carbons (Fsp3) is 0.133. The van der Waals surface area contributed by atoms with Crippen LogP contribution in [0.5, 0.6) is 0 Å². The molecule has 6 heteroatoms. The lowest BCUT2D eigenvalue weighted by atomic mass is 10.1. The van der Waals surface area contributed by atoms with E-state index in [1.807, 2.05) is 6.92 Å². The van der Waals surface area contributed by atoms with E-state index in [0.29, 0.717) is 23.5 Å². The molecule has 21 heavy (non-hydrogen) atoms. The van der Waals surface area contributed by atoms with Gasteiger partial charge >= 0.3 is 0 Å². The highest BCUT2D eigenvalue weighted by Crippen LogP contribution is 2.21. The Kier molecular flexibility index (Phi) is 4.16. The maximum atomic E-state index is 13.5. The lowest BCUT2D eigenvalue weighted by Crippen LogP contribution is -2.16. The molecule has 2 aromatic carbocycles. The maximum absolute atomic E-state index is 13.5. The molecule has 0 aliphatic rings. The van der Waals surface area contributed by atoms with Crippen molar-refractivity contribution in [3.8, 4) is 0 Å². The fourth-order valence-electron chi connectivity index (χ4n) is 1.95. The Morgan fingerprint density at radius 1 is 1.14 bits per heavy atom. The topological polar surface area (TPSA) is 55.1 Å². The van der Waals surface area contributed by atoms with Crippen LogP contribution in [0, 0.1) is 17.5 Å². The summed E-state index contributed by atoms with van der Waals surface area (Å²) < 4.78 is 39.8. The van der Waals surface area contributed by atoms with E-state index in [4.69, 9.17) is 5.73 Å². The lowest BCUT2D eigenvalue weighted by molar-refractivity contribution is 0.101. The van der Waals surface area contributed by atoms with E-state index < -0.39 is 28.9 Å². The van der Waals surface area contributed by atoms with Gasteiger partial charge in [0.1, 0.15) is 23.0 Å². The molecule has 0 aliphatic carbocycles. The molecular weight excluding hydrogens is 281 g/mol. The van der Waals surface area contributed by atoms with Crippen LogP contribution in [0.2, 0.25) is 0 Å². The molecular formula is C15H13F3N2O. The monoisotopic (exact) mass is 294 g/mol. The van der Waals surface area contributed by atoms with E-state index in [-0.39, 0.29) is 0 Å². The summed E-state index contributed by atoms with van der Waals surface area (Å²) in [7, 11) is 0. The van der Waals surface area contributed by atoms with E-state index in [1.54, 1.807) is 12.1 Å². The minimum absolute atomic E-state index is 0.304. The number of halogens is 3. The molecule has 0 bridgehead atoms. The first-order valence-electron chi connectivity index (χ1n) is 6.26. The average Bonchev–Trinajstić information content (AvgIpc) is 2.37. The summed E-state index contributed by atoms with van der Waals surface area (Å²) in [6.07, 6.45) is 0.723. The molecule has 0 fully saturated rings. The van der Waals surface area contributed by atoms with Gasteiger partial charge in [0.2, 0.25) is 0 Å². The summed E-state index contributed by atoms with van der Waals surface area (Å²) in [6.45, 7) is 1.92. The molecule has 2 aromatic rings. The van der Waals surface area contributed by atoms with E-state index >= 15 is 0 Å². The predicted molar refractivity (Wildman–Crippen MR) is 74.5 cm³/mol. The average molecular weight is 294 g/mol. The van der Waals surface area contributed by atoms with Crippen LogP contribution in [0.25, 0.3) is 0 Å². The molecule has 110 valence electrons. The molecule has 0 saturated heterocycles. The zero-order valence-corrected chi connectivity index (χ0v) is 11.2. The van der Waals surface area contributed by atoms with Crippen molar-refractivity contribution in [1.82, 2.24) is 0 Å². The Bertz CT molecular complexity index is 678. The molecule has 0 radical (unpaired) electrons. The third-order valence-corrected chi connectivity index (χ3v) is 3.02. The molecule has 2 rings (SSSR count). The number of hydrogen-bond acceptors (Lipinski definition) is 2. The molecule has 0 spiro atoms. The number of carbonyl (C=O) groups excluding carboxylic acids is 1. The lowest BCUT2D eigenvalue weighted by Gasteiger charge is -2.09. The van der Waals surface area contributed by atoms with Gasteiger partial charge in [0, 0.05) is 23.5 Å². The summed E-state index contributed by atoms with van der Waals surface area (Å²) >= 11 is 0. The Balaban J connectivity index is 2.28. The van der Waals surface area contributed by atoms with Gasteiger partial charge in [0.05, 0.1) is 0 Å². The number of aryl methyl sites for hydroxylation is 1. The minimum atomic E-state index is -1.26. The first kappa shape index (κ1) is 14.9. The molecule has 0 aromatic heterocycles. The van der Waals surface area contributed by atoms with Crippen LogP contribution in [0.1, 0.15) is 22.8 Å². The Morgan fingerprint density at radius 2 is 1.76 bits per heavy atom. The summed E-state index contributed by atoms with van der Waals surface area (Å²) in [4.78, 5) is 11.9. The number of nitrogen functional groups attached to an aromatic ring is 1. The van der Waals surface area contributed by atoms with Crippen molar-refractivity contribution in [3.63, 3.8) is 0 Å². The minimum Gasteiger partial charge on any atom is -0.398 e. The van der Waals surface area contributed by atoms with Crippen LogP contribution in [-0.2, 0) is 6.42 Å². The van der Waals surface area contributed by atoms with Gasteiger partial charge in [-0.05, 0) is 24.1 Å². The largest absolute Gasteiger partial charge is 0.398 e. The van der Waals surface area contributed by atoms with E-state index in [2.05, 4.69) is 5.32 Å². The Morgan fingerprint density at radius 3 is 2.29 bits per heavy atom. The first-order valence-corrected chi connectivity index (χ1v) is 6.26. The maximum Gasteiger partial charge on any atom is 0.261 e. The second-order valence-electron chi connectivity index (χ2n) is 4.47. The van der Waals surface area contributed by atoms with Gasteiger partial charge in [-0.3, -0.25) is 4.79 Å². The third-order valence-electron chi connectivity index (χ3n) is 3.02. The molecule has 0 unspecified atom stereocenters. The van der Waals surface area contributed by atoms with Gasteiger partial charge in [-0.15, -0.1) is 0 Å². The van der Waals surface area contributed by atoms with Crippen molar-refractivity contribution in [2.24, 2.45) is 0 Å². The van der Waals surface area contributed by atoms with Gasteiger partial charge in [-0.25, -0.2) is 13.2 Å². The zero-order chi connectivity index (χ0) is 15.6. The van der Waals surface area contributed by atoms with Crippen LogP contribution in [0.15, 0.2) is 30.3 Å². The summed E-state index contributed by atoms with van der Waals surface area (Å²) in [5, 5.41) is 2.33. The second kappa shape index (κ2) is 5.87. The summed E-state index contributed by atoms with van der Waals surface area (Å²) in [5.74, 6) is -4.61. The normalized spacial score (nSPS) is 10.5. The quantitative estimate of drug-likeness (QED) is 0.851. The molecule has 0 aliphatic heterocycles. The molecule has 0 atom stereocenters. The van der Waals surface area contributed by atoms with Crippen LogP contribution in [0.4, 0.5) is 24.5 Å². The number of amides is 1. The van der Waals surface area contributed by atoms with Crippen LogP contribution in [-0.4, -0.2) is 5.91 Å². The number of nitrogens with two attached hydrogens (primary N) is 1. The first-order chi connectivity index (χ1) is 9.92. The molecule has 0 saturated carbocycles. The molecule has 3 N–H and O–H groups in total. The SMILES string of the molecule is CCc1ccc(NC(=O)c2c(F)cc(F)cc2F)cc1N. The highest BCUT2D eigenvalue weighted by Gasteiger charge is 2.19. The van der Waals surface area contributed by atoms with E-state index in [1.165, 1.54) is 6.07 Å². The van der Waals surface area contributed by atoms with E-state index in [0.717, 1.165) is 12.0 Å². The van der Waals surface area contributed by atoms with Crippen molar-refractivity contribution in [2.45, 2.75) is 13.3 Å². The van der Waals surface area contributed by atoms with Crippen molar-refractivity contribution in [2.75, 3.05) is 11.1 Å².